The van der Waals surface area contributed by atoms with E-state index in [0.29, 0.717) is 22.6 Å². The molecule has 0 fully saturated rings. The Morgan fingerprint density at radius 1 is 1.03 bits per heavy atom. The summed E-state index contributed by atoms with van der Waals surface area (Å²) in [4.78, 5) is 27.6. The molecular weight excluding hydrogens is 429 g/mol. The summed E-state index contributed by atoms with van der Waals surface area (Å²) in [6.45, 7) is 0.161. The number of hydrogen-bond acceptors (Lipinski definition) is 4. The van der Waals surface area contributed by atoms with Crippen molar-refractivity contribution in [3.63, 3.8) is 0 Å². The number of nitrogens with zero attached hydrogens (tertiary/aromatic N) is 2. The number of aromatic nitrogens is 2. The van der Waals surface area contributed by atoms with Crippen LogP contribution in [0.4, 0.5) is 24.5 Å². The number of carbonyl (C=O) groups is 2. The van der Waals surface area contributed by atoms with Crippen LogP contribution in [0, 0.1) is 0 Å². The highest BCUT2D eigenvalue weighted by atomic mass is 32.2. The average Bonchev–Trinajstić information content (AvgIpc) is 3.07. The molecule has 3 aromatic rings. The van der Waals surface area contributed by atoms with Crippen LogP contribution in [0.15, 0.2) is 66.0 Å². The van der Waals surface area contributed by atoms with Crippen molar-refractivity contribution in [1.82, 2.24) is 9.55 Å². The molecule has 31 heavy (non-hydrogen) atoms. The van der Waals surface area contributed by atoms with Crippen molar-refractivity contribution in [3.8, 4) is 11.3 Å². The summed E-state index contributed by atoms with van der Waals surface area (Å²) >= 11 is 0.916. The molecule has 0 aliphatic heterocycles. The number of rotatable bonds is 7. The first-order chi connectivity index (χ1) is 14.7. The van der Waals surface area contributed by atoms with Crippen LogP contribution in [-0.4, -0.2) is 33.3 Å². The van der Waals surface area contributed by atoms with Gasteiger partial charge in [0.1, 0.15) is 6.54 Å². The Morgan fingerprint density at radius 3 is 2.35 bits per heavy atom. The van der Waals surface area contributed by atoms with Crippen molar-refractivity contribution in [3.05, 3.63) is 60.8 Å². The second-order valence-corrected chi connectivity index (χ2v) is 7.53. The smallest absolute Gasteiger partial charge is 0.326 e. The molecule has 2 amide bonds. The molecule has 1 heterocycles. The van der Waals surface area contributed by atoms with Gasteiger partial charge in [0.05, 0.1) is 17.6 Å². The van der Waals surface area contributed by atoms with Crippen molar-refractivity contribution in [2.24, 2.45) is 0 Å². The number of benzene rings is 2. The van der Waals surface area contributed by atoms with Gasteiger partial charge in [0.2, 0.25) is 11.8 Å². The Bertz CT molecular complexity index is 1070. The third-order valence-electron chi connectivity index (χ3n) is 4.02. The minimum atomic E-state index is -4.44. The van der Waals surface area contributed by atoms with E-state index in [4.69, 9.17) is 0 Å². The van der Waals surface area contributed by atoms with Crippen molar-refractivity contribution in [2.75, 3.05) is 16.4 Å². The van der Waals surface area contributed by atoms with Crippen molar-refractivity contribution in [2.45, 2.75) is 24.8 Å². The van der Waals surface area contributed by atoms with Gasteiger partial charge in [-0.2, -0.15) is 13.2 Å². The first-order valence-corrected chi connectivity index (χ1v) is 10.2. The number of thioether (sulfide) groups is 1. The predicted octanol–water partition coefficient (Wildman–Crippen LogP) is 4.80. The fourth-order valence-corrected chi connectivity index (χ4v) is 3.63. The number of nitrogens with one attached hydrogen (secondary N) is 2. The van der Waals surface area contributed by atoms with Gasteiger partial charge >= 0.3 is 6.18 Å². The molecule has 0 atom stereocenters. The first kappa shape index (κ1) is 22.4. The van der Waals surface area contributed by atoms with Crippen LogP contribution < -0.4 is 10.6 Å². The second kappa shape index (κ2) is 9.69. The zero-order chi connectivity index (χ0) is 22.4. The number of imidazole rings is 1. The molecule has 0 bridgehead atoms. The van der Waals surface area contributed by atoms with E-state index < -0.39 is 18.6 Å². The van der Waals surface area contributed by atoms with Crippen LogP contribution in [0.25, 0.3) is 11.3 Å². The van der Waals surface area contributed by atoms with E-state index in [1.54, 1.807) is 54.6 Å². The molecule has 0 saturated carbocycles. The lowest BCUT2D eigenvalue weighted by Crippen LogP contribution is -2.20. The molecule has 0 unspecified atom stereocenters. The zero-order valence-corrected chi connectivity index (χ0v) is 17.3. The lowest BCUT2D eigenvalue weighted by atomic mass is 10.2. The van der Waals surface area contributed by atoms with E-state index in [0.717, 1.165) is 16.3 Å². The Hall–Kier alpha value is -3.27. The maximum absolute atomic E-state index is 13.1. The molecule has 1 aromatic heterocycles. The second-order valence-electron chi connectivity index (χ2n) is 6.59. The summed E-state index contributed by atoms with van der Waals surface area (Å²) in [7, 11) is 0. The van der Waals surface area contributed by atoms with E-state index in [-0.39, 0.29) is 16.8 Å². The van der Waals surface area contributed by atoms with Crippen LogP contribution >= 0.6 is 11.8 Å². The van der Waals surface area contributed by atoms with Crippen LogP contribution in [-0.2, 0) is 16.1 Å². The highest BCUT2D eigenvalue weighted by Gasteiger charge is 2.31. The van der Waals surface area contributed by atoms with Crippen LogP contribution in [0.3, 0.4) is 0 Å². The van der Waals surface area contributed by atoms with E-state index in [1.165, 1.54) is 13.1 Å². The monoisotopic (exact) mass is 448 g/mol. The van der Waals surface area contributed by atoms with Gasteiger partial charge in [0.25, 0.3) is 0 Å². The van der Waals surface area contributed by atoms with Gasteiger partial charge in [-0.1, -0.05) is 48.2 Å². The quantitative estimate of drug-likeness (QED) is 0.509. The van der Waals surface area contributed by atoms with Crippen LogP contribution in [0.5, 0.6) is 0 Å². The number of carbonyl (C=O) groups excluding carboxylic acids is 2. The SMILES string of the molecule is CC(=O)Nc1cccc(NC(=O)CSc2ncc(-c3ccccc3)n2CC(F)(F)F)c1. The molecule has 162 valence electrons. The average molecular weight is 448 g/mol. The number of halogens is 3. The third kappa shape index (κ3) is 6.61. The van der Waals surface area contributed by atoms with Gasteiger partial charge in [-0.25, -0.2) is 4.98 Å². The molecule has 0 spiro atoms. The highest BCUT2D eigenvalue weighted by molar-refractivity contribution is 7.99. The Balaban J connectivity index is 1.72. The van der Waals surface area contributed by atoms with Crippen LogP contribution in [0.1, 0.15) is 6.92 Å². The normalized spacial score (nSPS) is 11.2. The van der Waals surface area contributed by atoms with E-state index in [2.05, 4.69) is 15.6 Å². The third-order valence-corrected chi connectivity index (χ3v) is 5.02. The summed E-state index contributed by atoms with van der Waals surface area (Å²) in [5, 5.41) is 5.37. The molecule has 10 heteroatoms. The Labute approximate surface area is 180 Å². The minimum Gasteiger partial charge on any atom is -0.326 e. The standard InChI is InChI=1S/C21H19F3N4O2S/c1-14(29)26-16-8-5-9-17(10-16)27-19(30)12-31-20-25-11-18(15-6-3-2-4-7-15)28(20)13-21(22,23)24/h2-11H,12-13H2,1H3,(H,26,29)(H,27,30). The lowest BCUT2D eigenvalue weighted by Gasteiger charge is -2.14. The van der Waals surface area contributed by atoms with Crippen LogP contribution in [0.2, 0.25) is 0 Å². The van der Waals surface area contributed by atoms with Crippen molar-refractivity contribution >= 4 is 35.0 Å². The maximum Gasteiger partial charge on any atom is 0.406 e. The highest BCUT2D eigenvalue weighted by Crippen LogP contribution is 2.30. The van der Waals surface area contributed by atoms with E-state index in [9.17, 15) is 22.8 Å². The molecule has 2 N–H and O–H groups in total. The van der Waals surface area contributed by atoms with Gasteiger partial charge in [-0.3, -0.25) is 9.59 Å². The largest absolute Gasteiger partial charge is 0.406 e. The fraction of sp³-hybridized carbons (Fsp3) is 0.190. The molecule has 3 rings (SSSR count). The lowest BCUT2D eigenvalue weighted by molar-refractivity contribution is -0.141. The molecule has 0 aliphatic carbocycles. The summed E-state index contributed by atoms with van der Waals surface area (Å²) in [5.74, 6) is -0.787. The summed E-state index contributed by atoms with van der Waals surface area (Å²) in [6, 6.07) is 15.2. The molecule has 0 aliphatic rings. The zero-order valence-electron chi connectivity index (χ0n) is 16.4. The van der Waals surface area contributed by atoms with Gasteiger partial charge in [-0.15, -0.1) is 0 Å². The molecule has 0 radical (unpaired) electrons. The van der Waals surface area contributed by atoms with Gasteiger partial charge in [0, 0.05) is 18.3 Å². The van der Waals surface area contributed by atoms with E-state index in [1.807, 2.05) is 0 Å². The first-order valence-electron chi connectivity index (χ1n) is 9.19. The molecule has 2 aromatic carbocycles. The van der Waals surface area contributed by atoms with Gasteiger partial charge in [0.15, 0.2) is 5.16 Å². The fourth-order valence-electron chi connectivity index (χ4n) is 2.85. The topological polar surface area (TPSA) is 76.0 Å². The van der Waals surface area contributed by atoms with Crippen molar-refractivity contribution in [1.29, 1.82) is 0 Å². The summed E-state index contributed by atoms with van der Waals surface area (Å²) in [6.07, 6.45) is -3.07. The maximum atomic E-state index is 13.1. The number of hydrogen-bond donors (Lipinski definition) is 2. The van der Waals surface area contributed by atoms with Gasteiger partial charge < -0.3 is 15.2 Å². The number of anilines is 2. The summed E-state index contributed by atoms with van der Waals surface area (Å²) < 4.78 is 40.5. The number of alkyl halides is 3. The predicted molar refractivity (Wildman–Crippen MR) is 114 cm³/mol. The molecule has 0 saturated heterocycles. The van der Waals surface area contributed by atoms with Crippen molar-refractivity contribution < 1.29 is 22.8 Å². The Morgan fingerprint density at radius 2 is 1.71 bits per heavy atom. The Kier molecular flexibility index (Phi) is 7.01. The van der Waals surface area contributed by atoms with E-state index >= 15 is 0 Å². The summed E-state index contributed by atoms with van der Waals surface area (Å²) in [5.41, 5.74) is 1.90. The molecular formula is C21H19F3N4O2S. The minimum absolute atomic E-state index is 0.0957. The molecule has 6 nitrogen and oxygen atoms in total. The number of amides is 2. The van der Waals surface area contributed by atoms with Gasteiger partial charge in [-0.05, 0) is 23.8 Å².